The second-order valence-corrected chi connectivity index (χ2v) is 7.88. The maximum absolute atomic E-state index is 12.1. The van der Waals surface area contributed by atoms with Crippen molar-refractivity contribution in [2.24, 2.45) is 0 Å². The zero-order chi connectivity index (χ0) is 21.6. The van der Waals surface area contributed by atoms with Gasteiger partial charge in [0, 0.05) is 31.6 Å². The first-order chi connectivity index (χ1) is 13.9. The van der Waals surface area contributed by atoms with Crippen LogP contribution in [0.1, 0.15) is 25.7 Å². The van der Waals surface area contributed by atoms with E-state index in [-0.39, 0.29) is 17.0 Å². The number of nitrogens with zero attached hydrogens (tertiary/aromatic N) is 1. The lowest BCUT2D eigenvalue weighted by Crippen LogP contribution is -2.31. The number of amides is 1. The molecule has 29 heavy (non-hydrogen) atoms. The summed E-state index contributed by atoms with van der Waals surface area (Å²) in [5.41, 5.74) is 0. The van der Waals surface area contributed by atoms with Gasteiger partial charge in [-0.1, -0.05) is 58.6 Å². The predicted octanol–water partition coefficient (Wildman–Crippen LogP) is 6.83. The molecule has 1 aromatic rings. The van der Waals surface area contributed by atoms with E-state index in [0.29, 0.717) is 47.7 Å². The van der Waals surface area contributed by atoms with Crippen molar-refractivity contribution in [1.82, 2.24) is 4.90 Å². The van der Waals surface area contributed by atoms with Gasteiger partial charge in [0.1, 0.15) is 16.8 Å². The summed E-state index contributed by atoms with van der Waals surface area (Å²) in [5.74, 6) is 0.990. The van der Waals surface area contributed by atoms with Crippen LogP contribution in [0, 0.1) is 0 Å². The van der Waals surface area contributed by atoms with Crippen molar-refractivity contribution >= 4 is 52.3 Å². The highest BCUT2D eigenvalue weighted by atomic mass is 35.5. The molecular formula is C21H25Cl4NO3. The fourth-order valence-electron chi connectivity index (χ4n) is 2.44. The van der Waals surface area contributed by atoms with Crippen molar-refractivity contribution in [2.45, 2.75) is 25.7 Å². The van der Waals surface area contributed by atoms with Gasteiger partial charge in [-0.25, -0.2) is 0 Å². The predicted molar refractivity (Wildman–Crippen MR) is 123 cm³/mol. The van der Waals surface area contributed by atoms with E-state index in [1.54, 1.807) is 29.2 Å². The highest BCUT2D eigenvalue weighted by Gasteiger charge is 2.12. The lowest BCUT2D eigenvalue weighted by Gasteiger charge is -2.19. The molecule has 1 aromatic carbocycles. The van der Waals surface area contributed by atoms with Gasteiger partial charge < -0.3 is 14.4 Å². The van der Waals surface area contributed by atoms with Crippen molar-refractivity contribution in [3.63, 3.8) is 0 Å². The summed E-state index contributed by atoms with van der Waals surface area (Å²) < 4.78 is 11.3. The van der Waals surface area contributed by atoms with Gasteiger partial charge >= 0.3 is 0 Å². The van der Waals surface area contributed by atoms with E-state index >= 15 is 0 Å². The summed E-state index contributed by atoms with van der Waals surface area (Å²) in [6.07, 6.45) is 7.82. The largest absolute Gasteiger partial charge is 0.490 e. The molecule has 0 radical (unpaired) electrons. The Bertz CT molecular complexity index is 685. The van der Waals surface area contributed by atoms with Crippen LogP contribution in [0.3, 0.4) is 0 Å². The first-order valence-corrected chi connectivity index (χ1v) is 10.7. The van der Waals surface area contributed by atoms with Crippen LogP contribution in [0.4, 0.5) is 0 Å². The Hall–Kier alpha value is -1.33. The van der Waals surface area contributed by atoms with E-state index in [1.807, 2.05) is 0 Å². The molecule has 0 saturated heterocycles. The molecule has 0 spiro atoms. The zero-order valence-electron chi connectivity index (χ0n) is 16.1. The average molecular weight is 481 g/mol. The summed E-state index contributed by atoms with van der Waals surface area (Å²) in [6.45, 7) is 9.04. The first kappa shape index (κ1) is 25.7. The molecule has 0 fully saturated rings. The van der Waals surface area contributed by atoms with Crippen LogP contribution in [-0.4, -0.2) is 37.1 Å². The maximum atomic E-state index is 12.1. The van der Waals surface area contributed by atoms with Crippen LogP contribution in [0.25, 0.3) is 0 Å². The minimum Gasteiger partial charge on any atom is -0.490 e. The van der Waals surface area contributed by atoms with E-state index in [1.165, 1.54) is 6.08 Å². The third kappa shape index (κ3) is 10.3. The van der Waals surface area contributed by atoms with Crippen LogP contribution >= 0.6 is 46.4 Å². The Morgan fingerprint density at radius 1 is 1.00 bits per heavy atom. The number of ether oxygens (including phenoxy) is 2. The Balaban J connectivity index is 2.39. The molecule has 0 bridgehead atoms. The molecule has 0 saturated carbocycles. The monoisotopic (exact) mass is 479 g/mol. The number of rotatable bonds is 14. The van der Waals surface area contributed by atoms with Crippen LogP contribution in [0.5, 0.6) is 11.5 Å². The van der Waals surface area contributed by atoms with E-state index in [2.05, 4.69) is 13.2 Å². The molecule has 4 nitrogen and oxygen atoms in total. The van der Waals surface area contributed by atoms with Gasteiger partial charge in [0.2, 0.25) is 5.91 Å². The molecule has 1 rings (SSSR count). The molecular weight excluding hydrogens is 456 g/mol. The molecule has 0 heterocycles. The van der Waals surface area contributed by atoms with Gasteiger partial charge in [-0.2, -0.15) is 0 Å². The van der Waals surface area contributed by atoms with Crippen LogP contribution in [0.2, 0.25) is 10.0 Å². The summed E-state index contributed by atoms with van der Waals surface area (Å²) >= 11 is 23.5. The fourth-order valence-corrected chi connectivity index (χ4v) is 3.14. The average Bonchev–Trinajstić information content (AvgIpc) is 2.65. The van der Waals surface area contributed by atoms with Crippen LogP contribution in [0.15, 0.2) is 48.0 Å². The van der Waals surface area contributed by atoms with E-state index in [0.717, 1.165) is 19.3 Å². The smallest absolute Gasteiger partial charge is 0.223 e. The number of hydrogen-bond acceptors (Lipinski definition) is 3. The molecule has 0 aromatic heterocycles. The Morgan fingerprint density at radius 2 is 1.62 bits per heavy atom. The van der Waals surface area contributed by atoms with Crippen LogP contribution < -0.4 is 9.47 Å². The second kappa shape index (κ2) is 14.6. The van der Waals surface area contributed by atoms with Gasteiger partial charge in [-0.15, -0.1) is 13.2 Å². The number of unbranched alkanes of at least 4 members (excludes halogenated alkanes) is 2. The minimum absolute atomic E-state index is 0.0951. The zero-order valence-corrected chi connectivity index (χ0v) is 19.2. The molecule has 1 amide bonds. The lowest BCUT2D eigenvalue weighted by atomic mass is 10.2. The maximum Gasteiger partial charge on any atom is 0.223 e. The normalized spacial score (nSPS) is 10.2. The molecule has 8 heteroatoms. The fraction of sp³-hybridized carbons (Fsp3) is 0.381. The van der Waals surface area contributed by atoms with Crippen molar-refractivity contribution in [1.29, 1.82) is 0 Å². The van der Waals surface area contributed by atoms with Crippen LogP contribution in [-0.2, 0) is 4.79 Å². The van der Waals surface area contributed by atoms with Gasteiger partial charge in [0.05, 0.1) is 16.7 Å². The quantitative estimate of drug-likeness (QED) is 0.216. The molecule has 0 aliphatic heterocycles. The standard InChI is InChI=1S/C21H25Cl4NO3/c1-3-10-26(11-4-2)20(27)8-6-5-7-12-29-21-17(22)14-16(15-18(21)23)28-13-9-19(24)25/h3-4,9,14-15H,1-2,5-8,10-13H2. The molecule has 0 aliphatic carbocycles. The number of carbonyl (C=O) groups is 1. The van der Waals surface area contributed by atoms with E-state index < -0.39 is 0 Å². The lowest BCUT2D eigenvalue weighted by molar-refractivity contribution is -0.130. The molecule has 0 N–H and O–H groups in total. The molecule has 0 atom stereocenters. The highest BCUT2D eigenvalue weighted by Crippen LogP contribution is 2.37. The van der Waals surface area contributed by atoms with Crippen molar-refractivity contribution in [3.05, 3.63) is 58.1 Å². The van der Waals surface area contributed by atoms with Crippen molar-refractivity contribution in [3.8, 4) is 11.5 Å². The number of benzene rings is 1. The number of carbonyl (C=O) groups excluding carboxylic acids is 1. The SMILES string of the molecule is C=CCN(CC=C)C(=O)CCCCCOc1c(Cl)cc(OCC=C(Cl)Cl)cc1Cl. The second-order valence-electron chi connectivity index (χ2n) is 6.06. The van der Waals surface area contributed by atoms with Gasteiger partial charge in [0.15, 0.2) is 5.75 Å². The van der Waals surface area contributed by atoms with E-state index in [9.17, 15) is 4.79 Å². The van der Waals surface area contributed by atoms with E-state index in [4.69, 9.17) is 55.9 Å². The Morgan fingerprint density at radius 3 is 2.17 bits per heavy atom. The molecule has 160 valence electrons. The van der Waals surface area contributed by atoms with Crippen molar-refractivity contribution in [2.75, 3.05) is 26.3 Å². The number of hydrogen-bond donors (Lipinski definition) is 0. The molecule has 0 unspecified atom stereocenters. The van der Waals surface area contributed by atoms with Gasteiger partial charge in [0.25, 0.3) is 0 Å². The van der Waals surface area contributed by atoms with Crippen molar-refractivity contribution < 1.29 is 14.3 Å². The first-order valence-electron chi connectivity index (χ1n) is 9.14. The third-order valence-electron chi connectivity index (χ3n) is 3.79. The molecule has 0 aliphatic rings. The minimum atomic E-state index is 0.0951. The topological polar surface area (TPSA) is 38.8 Å². The summed E-state index contributed by atoms with van der Waals surface area (Å²) in [4.78, 5) is 13.9. The summed E-state index contributed by atoms with van der Waals surface area (Å²) in [7, 11) is 0. The summed E-state index contributed by atoms with van der Waals surface area (Å²) in [5, 5.41) is 0.709. The Labute approximate surface area is 192 Å². The Kier molecular flexibility index (Phi) is 13.0. The van der Waals surface area contributed by atoms with Gasteiger partial charge in [-0.3, -0.25) is 4.79 Å². The highest BCUT2D eigenvalue weighted by molar-refractivity contribution is 6.55. The van der Waals surface area contributed by atoms with Gasteiger partial charge in [-0.05, 0) is 25.3 Å². The third-order valence-corrected chi connectivity index (χ3v) is 4.66. The summed E-state index contributed by atoms with van der Waals surface area (Å²) in [6, 6.07) is 3.23. The number of halogens is 4.